The van der Waals surface area contributed by atoms with Crippen molar-refractivity contribution < 1.29 is 73.9 Å². The van der Waals surface area contributed by atoms with Gasteiger partial charge in [-0.1, -0.05) is 34.6 Å². The number of carbonyl (C=O) groups is 2. The SMILES string of the molecule is CC[C@H](O)[C@](C)(O)[C@H](O)[C@@H](C)C(=O)[C@H](C)C[C@@](C)(O)[C@H](O[C@@H]1O[C@H](C)C[C@H]([NH+](C)C)[C@H]1O)[C@@H](C)[C@H](O[C@H]1C[C@@](C)(OC)[C@@H](O)[C@H](C)O1)[C@@H](C)C(=O)[O-]. The molecule has 0 radical (unpaired) electrons. The Labute approximate surface area is 309 Å². The third-order valence-electron chi connectivity index (χ3n) is 11.7. The van der Waals surface area contributed by atoms with Crippen LogP contribution in [0.15, 0.2) is 0 Å². The van der Waals surface area contributed by atoms with Gasteiger partial charge in [-0.05, 0) is 47.5 Å². The van der Waals surface area contributed by atoms with Crippen molar-refractivity contribution in [2.24, 2.45) is 23.7 Å². The summed E-state index contributed by atoms with van der Waals surface area (Å²) in [6, 6.07) is -0.298. The van der Waals surface area contributed by atoms with Crippen molar-refractivity contribution in [2.75, 3.05) is 21.2 Å². The Morgan fingerprint density at radius 1 is 1.02 bits per heavy atom. The average Bonchev–Trinajstić information content (AvgIpc) is 3.06. The van der Waals surface area contributed by atoms with Crippen LogP contribution in [0.25, 0.3) is 0 Å². The third-order valence-corrected chi connectivity index (χ3v) is 11.7. The Hall–Kier alpha value is -1.34. The standard InChI is InChI=1S/C37H69NO14/c1-14-25(39)37(10,47)30(42)20(4)27(40)18(2)16-35(8,46)32(52-34-28(41)24(38(11)12)15-19(3)49-34)21(5)29(22(6)33(44)45)51-26-17-36(9,48-13)31(43)23(7)50-26/h18-26,28-32,34,39,41-43,46-47H,14-17H2,1-13H3,(H,44,45)/t18-,19-,20+,21+,22-,23+,24+,25+,26+,28-,29+,30-,31+,32-,34+,35-,36-,37+/m1/s1. The van der Waals surface area contributed by atoms with E-state index in [-0.39, 0.29) is 31.4 Å². The zero-order valence-electron chi connectivity index (χ0n) is 33.4. The monoisotopic (exact) mass is 751 g/mol. The van der Waals surface area contributed by atoms with E-state index in [1.165, 1.54) is 34.8 Å². The zero-order chi connectivity index (χ0) is 40.3. The molecule has 18 atom stereocenters. The quantitative estimate of drug-likeness (QED) is 0.0802. The molecule has 2 aliphatic heterocycles. The maximum Gasteiger partial charge on any atom is 0.190 e. The van der Waals surface area contributed by atoms with Gasteiger partial charge in [0, 0.05) is 49.6 Å². The minimum absolute atomic E-state index is 0.0391. The van der Waals surface area contributed by atoms with Crippen molar-refractivity contribution in [1.82, 2.24) is 0 Å². The van der Waals surface area contributed by atoms with Crippen LogP contribution >= 0.6 is 0 Å². The number of methoxy groups -OCH3 is 1. The van der Waals surface area contributed by atoms with Crippen molar-refractivity contribution in [3.8, 4) is 0 Å². The van der Waals surface area contributed by atoms with E-state index in [0.29, 0.717) is 6.42 Å². The number of rotatable bonds is 19. The largest absolute Gasteiger partial charge is 0.550 e. The fourth-order valence-corrected chi connectivity index (χ4v) is 8.05. The number of hydrogen-bond acceptors (Lipinski definition) is 14. The van der Waals surface area contributed by atoms with E-state index >= 15 is 0 Å². The van der Waals surface area contributed by atoms with Gasteiger partial charge in [-0.2, -0.15) is 0 Å². The van der Waals surface area contributed by atoms with E-state index in [4.69, 9.17) is 23.7 Å². The summed E-state index contributed by atoms with van der Waals surface area (Å²) < 4.78 is 30.5. The van der Waals surface area contributed by atoms with Gasteiger partial charge in [0.1, 0.15) is 23.5 Å². The molecule has 2 aliphatic rings. The predicted octanol–water partition coefficient (Wildman–Crippen LogP) is -1.45. The highest BCUT2D eigenvalue weighted by molar-refractivity contribution is 5.83. The molecule has 0 aromatic rings. The lowest BCUT2D eigenvalue weighted by molar-refractivity contribution is -0.893. The molecule has 2 saturated heterocycles. The van der Waals surface area contributed by atoms with Crippen LogP contribution in [0, 0.1) is 23.7 Å². The number of carboxylic acid groups (broad SMARTS) is 1. The zero-order valence-corrected chi connectivity index (χ0v) is 33.4. The van der Waals surface area contributed by atoms with Gasteiger partial charge in [-0.15, -0.1) is 0 Å². The van der Waals surface area contributed by atoms with Crippen LogP contribution in [0.2, 0.25) is 0 Å². The van der Waals surface area contributed by atoms with Crippen LogP contribution < -0.4 is 10.0 Å². The van der Waals surface area contributed by atoms with E-state index in [1.54, 1.807) is 34.6 Å². The van der Waals surface area contributed by atoms with Crippen LogP contribution in [0.1, 0.15) is 94.9 Å². The summed E-state index contributed by atoms with van der Waals surface area (Å²) in [6.07, 6.45) is -10.6. The Morgan fingerprint density at radius 3 is 2.10 bits per heavy atom. The maximum atomic E-state index is 13.7. The number of quaternary nitrogens is 1. The lowest BCUT2D eigenvalue weighted by Crippen LogP contribution is -3.12. The smallest absolute Gasteiger partial charge is 0.190 e. The first-order valence-electron chi connectivity index (χ1n) is 18.7. The van der Waals surface area contributed by atoms with Gasteiger partial charge < -0.3 is 69.1 Å². The van der Waals surface area contributed by atoms with Gasteiger partial charge in [0.2, 0.25) is 0 Å². The number of ketones is 1. The van der Waals surface area contributed by atoms with E-state index in [0.717, 1.165) is 4.90 Å². The number of aliphatic hydroxyl groups is 6. The molecule has 0 spiro atoms. The molecule has 0 aromatic carbocycles. The minimum atomic E-state index is -1.98. The molecule has 0 bridgehead atoms. The van der Waals surface area contributed by atoms with Crippen LogP contribution in [0.4, 0.5) is 0 Å². The predicted molar refractivity (Wildman–Crippen MR) is 187 cm³/mol. The van der Waals surface area contributed by atoms with E-state index in [9.17, 15) is 45.3 Å². The molecule has 0 unspecified atom stereocenters. The molecular formula is C37H69NO14. The van der Waals surface area contributed by atoms with Gasteiger partial charge in [0.15, 0.2) is 18.7 Å². The second-order valence-corrected chi connectivity index (χ2v) is 16.5. The van der Waals surface area contributed by atoms with Crippen LogP contribution in [-0.2, 0) is 33.3 Å². The number of likely N-dealkylation sites (N-methyl/N-ethyl adjacent to an activating group) is 1. The summed E-state index contributed by atoms with van der Waals surface area (Å²) in [5, 5.41) is 79.1. The van der Waals surface area contributed by atoms with Crippen LogP contribution in [0.3, 0.4) is 0 Å². The molecule has 306 valence electrons. The number of hydrogen-bond donors (Lipinski definition) is 7. The molecule has 2 heterocycles. The van der Waals surface area contributed by atoms with E-state index in [2.05, 4.69) is 0 Å². The molecule has 0 amide bonds. The van der Waals surface area contributed by atoms with Crippen molar-refractivity contribution in [3.63, 3.8) is 0 Å². The van der Waals surface area contributed by atoms with Crippen LogP contribution in [-0.4, -0.2) is 148 Å². The summed E-state index contributed by atoms with van der Waals surface area (Å²) in [4.78, 5) is 27.1. The first-order chi connectivity index (χ1) is 23.8. The fourth-order valence-electron chi connectivity index (χ4n) is 8.05. The van der Waals surface area contributed by atoms with Crippen molar-refractivity contribution in [2.45, 2.75) is 179 Å². The highest BCUT2D eigenvalue weighted by Gasteiger charge is 2.52. The summed E-state index contributed by atoms with van der Waals surface area (Å²) in [6.45, 7) is 15.5. The molecule has 2 rings (SSSR count). The van der Waals surface area contributed by atoms with Gasteiger partial charge in [-0.25, -0.2) is 0 Å². The first-order valence-corrected chi connectivity index (χ1v) is 18.7. The molecule has 15 nitrogen and oxygen atoms in total. The van der Waals surface area contributed by atoms with Gasteiger partial charge in [0.25, 0.3) is 0 Å². The minimum Gasteiger partial charge on any atom is -0.550 e. The van der Waals surface area contributed by atoms with E-state index in [1.807, 2.05) is 21.0 Å². The first kappa shape index (κ1) is 46.8. The van der Waals surface area contributed by atoms with Gasteiger partial charge in [0.05, 0.1) is 61.9 Å². The highest BCUT2D eigenvalue weighted by atomic mass is 16.7. The summed E-state index contributed by atoms with van der Waals surface area (Å²) in [5.41, 5.74) is -4.99. The Balaban J connectivity index is 2.57. The summed E-state index contributed by atoms with van der Waals surface area (Å²) in [5.74, 6) is -6.29. The lowest BCUT2D eigenvalue weighted by Gasteiger charge is -2.48. The normalized spacial score (nSPS) is 35.7. The number of carbonyl (C=O) groups excluding carboxylic acids is 2. The Morgan fingerprint density at radius 2 is 1.60 bits per heavy atom. The summed E-state index contributed by atoms with van der Waals surface area (Å²) in [7, 11) is 5.22. The molecule has 15 heteroatoms. The maximum absolute atomic E-state index is 13.7. The summed E-state index contributed by atoms with van der Waals surface area (Å²) >= 11 is 0. The van der Waals surface area contributed by atoms with Gasteiger partial charge >= 0.3 is 0 Å². The van der Waals surface area contributed by atoms with Crippen molar-refractivity contribution in [3.05, 3.63) is 0 Å². The Kier molecular flexibility index (Phi) is 16.7. The average molecular weight is 752 g/mol. The van der Waals surface area contributed by atoms with Gasteiger partial charge in [-0.3, -0.25) is 4.79 Å². The molecule has 2 fully saturated rings. The fraction of sp³-hybridized carbons (Fsp3) is 0.946. The molecule has 0 saturated carbocycles. The second-order valence-electron chi connectivity index (χ2n) is 16.5. The van der Waals surface area contributed by atoms with Crippen molar-refractivity contribution >= 4 is 11.8 Å². The molecule has 0 aromatic heterocycles. The number of ether oxygens (including phenoxy) is 5. The number of Topliss-reactive ketones (excluding diaryl/α,β-unsaturated/α-hetero) is 1. The second kappa shape index (κ2) is 18.5. The van der Waals surface area contributed by atoms with Crippen LogP contribution in [0.5, 0.6) is 0 Å². The Bertz CT molecular complexity index is 1150. The van der Waals surface area contributed by atoms with Crippen molar-refractivity contribution in [1.29, 1.82) is 0 Å². The molecule has 7 N–H and O–H groups in total. The number of carboxylic acids is 1. The number of aliphatic hydroxyl groups excluding tert-OH is 4. The van der Waals surface area contributed by atoms with E-state index < -0.39 is 108 Å². The highest BCUT2D eigenvalue weighted by Crippen LogP contribution is 2.39. The third kappa shape index (κ3) is 10.7. The number of aliphatic carboxylic acids is 1. The topological polar surface area (TPSA) is 229 Å². The molecule has 0 aliphatic carbocycles. The lowest BCUT2D eigenvalue weighted by atomic mass is 9.74. The number of nitrogens with one attached hydrogen (secondary N) is 1. The molecular weight excluding hydrogens is 682 g/mol. The molecule has 52 heavy (non-hydrogen) atoms.